The van der Waals surface area contributed by atoms with Crippen LogP contribution in [0.4, 0.5) is 28.2 Å². The molecule has 14 heteroatoms. The maximum absolute atomic E-state index is 15.2. The molecule has 1 aromatic carbocycles. The summed E-state index contributed by atoms with van der Waals surface area (Å²) < 4.78 is 61.0. The first-order chi connectivity index (χ1) is 19.1. The number of hydrogen-bond acceptors (Lipinski definition) is 7. The smallest absolute Gasteiger partial charge is 0.434 e. The van der Waals surface area contributed by atoms with Gasteiger partial charge in [-0.15, -0.1) is 0 Å². The van der Waals surface area contributed by atoms with Crippen molar-refractivity contribution in [1.82, 2.24) is 34.8 Å². The number of rotatable bonds is 6. The number of hydrogen-bond donors (Lipinski definition) is 1. The summed E-state index contributed by atoms with van der Waals surface area (Å²) in [5.74, 6) is 0.267. The number of carbonyl (C=O) groups excluding carboxylic acids is 1. The van der Waals surface area contributed by atoms with Crippen LogP contribution < -0.4 is 15.0 Å². The highest BCUT2D eigenvalue weighted by Crippen LogP contribution is 2.45. The summed E-state index contributed by atoms with van der Waals surface area (Å²) in [7, 11) is 2.85. The van der Waals surface area contributed by atoms with E-state index >= 15 is 4.39 Å². The monoisotopic (exact) mass is 554 g/mol. The van der Waals surface area contributed by atoms with Crippen molar-refractivity contribution in [3.8, 4) is 28.7 Å². The molecular weight excluding hydrogens is 532 g/mol. The van der Waals surface area contributed by atoms with E-state index in [9.17, 15) is 18.0 Å². The first kappa shape index (κ1) is 25.6. The molecule has 40 heavy (non-hydrogen) atoms. The summed E-state index contributed by atoms with van der Waals surface area (Å²) in [6.45, 7) is 0.148. The van der Waals surface area contributed by atoms with Crippen molar-refractivity contribution < 1.29 is 27.1 Å². The molecule has 6 rings (SSSR count). The average Bonchev–Trinajstić information content (AvgIpc) is 3.70. The van der Waals surface area contributed by atoms with E-state index in [2.05, 4.69) is 25.3 Å². The number of halogens is 4. The number of carbonyl (C=O) groups is 1. The Morgan fingerprint density at radius 3 is 2.62 bits per heavy atom. The maximum atomic E-state index is 15.2. The predicted molar refractivity (Wildman–Crippen MR) is 134 cm³/mol. The molecule has 1 aliphatic carbocycles. The number of urea groups is 1. The molecule has 1 fully saturated rings. The van der Waals surface area contributed by atoms with E-state index < -0.39 is 23.7 Å². The molecule has 0 saturated heterocycles. The second kappa shape index (κ2) is 9.54. The third-order valence-electron chi connectivity index (χ3n) is 6.78. The lowest BCUT2D eigenvalue weighted by Gasteiger charge is -2.29. The lowest BCUT2D eigenvalue weighted by atomic mass is 10.1. The van der Waals surface area contributed by atoms with Gasteiger partial charge in [0.25, 0.3) is 0 Å². The molecule has 0 bridgehead atoms. The highest BCUT2D eigenvalue weighted by molar-refractivity contribution is 5.93. The van der Waals surface area contributed by atoms with E-state index in [0.29, 0.717) is 34.2 Å². The van der Waals surface area contributed by atoms with Crippen molar-refractivity contribution in [1.29, 1.82) is 0 Å². The zero-order chi connectivity index (χ0) is 28.2. The maximum Gasteiger partial charge on any atom is 0.434 e. The lowest BCUT2D eigenvalue weighted by Crippen LogP contribution is -2.44. The second-order valence-corrected chi connectivity index (χ2v) is 9.58. The number of ether oxygens (including phenoxy) is 1. The fraction of sp³-hybridized carbons (Fsp3) is 0.308. The quantitative estimate of drug-likeness (QED) is 0.347. The molecule has 0 radical (unpaired) electrons. The number of aromatic nitrogens is 6. The van der Waals surface area contributed by atoms with Crippen LogP contribution in [0.1, 0.15) is 41.3 Å². The number of nitrogens with one attached hydrogen (secondary N) is 1. The molecular formula is C26H22F4N8O2. The SMILES string of the molecule is COc1ncnc(C2CC2)c1-c1ncc2c(n1)N(Cc1ccc(-c3nc(C(F)(F)F)cn3C)c(F)c1)C(=O)NC2. The molecule has 1 aliphatic heterocycles. The van der Waals surface area contributed by atoms with Crippen LogP contribution in [0.15, 0.2) is 36.9 Å². The number of amides is 2. The van der Waals surface area contributed by atoms with Crippen LogP contribution in [-0.2, 0) is 26.3 Å². The van der Waals surface area contributed by atoms with Crippen LogP contribution in [0.3, 0.4) is 0 Å². The second-order valence-electron chi connectivity index (χ2n) is 9.58. The normalized spacial score (nSPS) is 15.2. The number of anilines is 1. The molecule has 2 amide bonds. The number of methoxy groups -OCH3 is 1. The predicted octanol–water partition coefficient (Wildman–Crippen LogP) is 4.61. The Hall–Kier alpha value is -4.62. The minimum absolute atomic E-state index is 0.0568. The average molecular weight is 555 g/mol. The van der Waals surface area contributed by atoms with Crippen molar-refractivity contribution in [3.05, 3.63) is 65.3 Å². The first-order valence-electron chi connectivity index (χ1n) is 12.3. The fourth-order valence-corrected chi connectivity index (χ4v) is 4.67. The van der Waals surface area contributed by atoms with Crippen LogP contribution in [-0.4, -0.2) is 42.6 Å². The Morgan fingerprint density at radius 1 is 1.15 bits per heavy atom. The van der Waals surface area contributed by atoms with Gasteiger partial charge in [-0.25, -0.2) is 34.1 Å². The summed E-state index contributed by atoms with van der Waals surface area (Å²) in [4.78, 5) is 35.7. The Morgan fingerprint density at radius 2 is 1.95 bits per heavy atom. The molecule has 0 atom stereocenters. The van der Waals surface area contributed by atoms with E-state index in [-0.39, 0.29) is 30.4 Å². The zero-order valence-corrected chi connectivity index (χ0v) is 21.3. The summed E-state index contributed by atoms with van der Waals surface area (Å²) in [6.07, 6.45) is 1.14. The van der Waals surface area contributed by atoms with Crippen LogP contribution in [0.2, 0.25) is 0 Å². The molecule has 10 nitrogen and oxygen atoms in total. The van der Waals surface area contributed by atoms with E-state index in [1.165, 1.54) is 43.6 Å². The zero-order valence-electron chi connectivity index (χ0n) is 21.3. The third kappa shape index (κ3) is 4.58. The Balaban J connectivity index is 1.34. The van der Waals surface area contributed by atoms with Gasteiger partial charge in [0.1, 0.15) is 29.4 Å². The summed E-state index contributed by atoms with van der Waals surface area (Å²) in [5.41, 5.74) is 1.17. The molecule has 1 N–H and O–H groups in total. The van der Waals surface area contributed by atoms with E-state index in [1.54, 1.807) is 6.20 Å². The Labute approximate surface area is 225 Å². The van der Waals surface area contributed by atoms with Crippen LogP contribution in [0, 0.1) is 5.82 Å². The van der Waals surface area contributed by atoms with Crippen molar-refractivity contribution in [2.45, 2.75) is 38.0 Å². The molecule has 4 aromatic rings. The Kier molecular flexibility index (Phi) is 6.11. The highest BCUT2D eigenvalue weighted by Gasteiger charge is 2.35. The summed E-state index contributed by atoms with van der Waals surface area (Å²) in [5, 5.41) is 2.75. The minimum Gasteiger partial charge on any atom is -0.480 e. The fourth-order valence-electron chi connectivity index (χ4n) is 4.67. The molecule has 3 aromatic heterocycles. The number of fused-ring (bicyclic) bond motifs is 1. The number of aryl methyl sites for hydroxylation is 1. The summed E-state index contributed by atoms with van der Waals surface area (Å²) in [6, 6.07) is 3.60. The Bertz CT molecular complexity index is 1630. The molecule has 1 saturated carbocycles. The van der Waals surface area contributed by atoms with Gasteiger partial charge in [0.2, 0.25) is 5.88 Å². The first-order valence-corrected chi connectivity index (χ1v) is 12.3. The molecule has 4 heterocycles. The van der Waals surface area contributed by atoms with E-state index in [0.717, 1.165) is 29.3 Å². The standard InChI is InChI=1S/C26H22F4N8O2/c1-37-11-18(26(28,29)30)35-23(37)16-6-3-13(7-17(16)27)10-38-22-15(9-32-25(38)39)8-31-21(36-22)19-20(14-4-5-14)33-12-34-24(19)40-2/h3,6-8,11-12,14H,4-5,9-10H2,1-2H3,(H,32,39). The molecule has 0 spiro atoms. The third-order valence-corrected chi connectivity index (χ3v) is 6.78. The number of benzene rings is 1. The van der Waals surface area contributed by atoms with Crippen molar-refractivity contribution in [2.75, 3.05) is 12.0 Å². The van der Waals surface area contributed by atoms with Gasteiger partial charge in [-0.1, -0.05) is 6.07 Å². The van der Waals surface area contributed by atoms with Crippen molar-refractivity contribution >= 4 is 11.8 Å². The molecule has 206 valence electrons. The number of imidazole rings is 1. The van der Waals surface area contributed by atoms with Gasteiger partial charge in [0.05, 0.1) is 24.9 Å². The number of nitrogens with zero attached hydrogens (tertiary/aromatic N) is 7. The van der Waals surface area contributed by atoms with Crippen LogP contribution >= 0.6 is 0 Å². The van der Waals surface area contributed by atoms with E-state index in [1.807, 2.05) is 0 Å². The van der Waals surface area contributed by atoms with Gasteiger partial charge in [0.15, 0.2) is 11.5 Å². The van der Waals surface area contributed by atoms with Crippen LogP contribution in [0.5, 0.6) is 5.88 Å². The highest BCUT2D eigenvalue weighted by atomic mass is 19.4. The topological polar surface area (TPSA) is 111 Å². The number of alkyl halides is 3. The van der Waals surface area contributed by atoms with Gasteiger partial charge in [-0.2, -0.15) is 13.2 Å². The van der Waals surface area contributed by atoms with Gasteiger partial charge < -0.3 is 14.6 Å². The van der Waals surface area contributed by atoms with Crippen molar-refractivity contribution in [3.63, 3.8) is 0 Å². The van der Waals surface area contributed by atoms with Gasteiger partial charge >= 0.3 is 12.2 Å². The van der Waals surface area contributed by atoms with Crippen LogP contribution in [0.25, 0.3) is 22.8 Å². The van der Waals surface area contributed by atoms with Crippen molar-refractivity contribution in [2.24, 2.45) is 7.05 Å². The lowest BCUT2D eigenvalue weighted by molar-refractivity contribution is -0.140. The largest absolute Gasteiger partial charge is 0.480 e. The van der Waals surface area contributed by atoms with Gasteiger partial charge in [-0.05, 0) is 30.5 Å². The minimum atomic E-state index is -4.66. The molecule has 2 aliphatic rings. The van der Waals surface area contributed by atoms with Gasteiger partial charge in [0, 0.05) is 37.5 Å². The molecule has 0 unspecified atom stereocenters. The van der Waals surface area contributed by atoms with Gasteiger partial charge in [-0.3, -0.25) is 4.90 Å². The summed E-state index contributed by atoms with van der Waals surface area (Å²) >= 11 is 0. The van der Waals surface area contributed by atoms with E-state index in [4.69, 9.17) is 9.72 Å².